The van der Waals surface area contributed by atoms with E-state index in [-0.39, 0.29) is 30.7 Å². The molecule has 0 aromatic heterocycles. The topological polar surface area (TPSA) is 78.5 Å². The molecule has 0 unspecified atom stereocenters. The van der Waals surface area contributed by atoms with E-state index in [0.717, 1.165) is 31.5 Å². The number of nitrogens with zero attached hydrogens (tertiary/aromatic N) is 1. The van der Waals surface area contributed by atoms with E-state index in [9.17, 15) is 14.4 Å². The molecule has 0 atom stereocenters. The molecule has 1 aromatic carbocycles. The Hall–Kier alpha value is -2.37. The molecule has 130 valence electrons. The number of carbonyl (C=O) groups is 3. The Morgan fingerprint density at radius 2 is 1.75 bits per heavy atom. The molecule has 0 bridgehead atoms. The number of aryl methyl sites for hydroxylation is 1. The number of amides is 3. The van der Waals surface area contributed by atoms with E-state index < -0.39 is 0 Å². The smallest absolute Gasteiger partial charge is 0.251 e. The van der Waals surface area contributed by atoms with Crippen molar-refractivity contribution in [2.45, 2.75) is 32.6 Å². The van der Waals surface area contributed by atoms with Crippen LogP contribution in [0.25, 0.3) is 0 Å². The monoisotopic (exact) mass is 331 g/mol. The quantitative estimate of drug-likeness (QED) is 0.789. The van der Waals surface area contributed by atoms with Crippen molar-refractivity contribution in [3.63, 3.8) is 0 Å². The third-order valence-corrected chi connectivity index (χ3v) is 4.04. The lowest BCUT2D eigenvalue weighted by molar-refractivity contribution is -0.130. The van der Waals surface area contributed by atoms with Gasteiger partial charge >= 0.3 is 0 Å². The van der Waals surface area contributed by atoms with Crippen molar-refractivity contribution in [2.24, 2.45) is 0 Å². The van der Waals surface area contributed by atoms with Crippen molar-refractivity contribution in [3.8, 4) is 0 Å². The van der Waals surface area contributed by atoms with Crippen LogP contribution < -0.4 is 10.6 Å². The Morgan fingerprint density at radius 3 is 2.46 bits per heavy atom. The summed E-state index contributed by atoms with van der Waals surface area (Å²) < 4.78 is 0. The Labute approximate surface area is 142 Å². The molecule has 1 aromatic rings. The molecule has 0 spiro atoms. The van der Waals surface area contributed by atoms with E-state index in [2.05, 4.69) is 10.6 Å². The van der Waals surface area contributed by atoms with Gasteiger partial charge in [0.2, 0.25) is 11.8 Å². The maximum Gasteiger partial charge on any atom is 0.251 e. The van der Waals surface area contributed by atoms with E-state index in [4.69, 9.17) is 0 Å². The summed E-state index contributed by atoms with van der Waals surface area (Å²) in [5, 5.41) is 5.45. The van der Waals surface area contributed by atoms with Crippen molar-refractivity contribution in [1.82, 2.24) is 15.5 Å². The van der Waals surface area contributed by atoms with E-state index >= 15 is 0 Å². The van der Waals surface area contributed by atoms with Crippen LogP contribution in [0, 0.1) is 6.92 Å². The Bertz CT molecular complexity index is 595. The van der Waals surface area contributed by atoms with Crippen LogP contribution in [0.4, 0.5) is 0 Å². The average Bonchev–Trinajstić information content (AvgIpc) is 3.09. The second kappa shape index (κ2) is 9.05. The van der Waals surface area contributed by atoms with Crippen molar-refractivity contribution < 1.29 is 14.4 Å². The number of hydrogen-bond acceptors (Lipinski definition) is 3. The van der Waals surface area contributed by atoms with Gasteiger partial charge < -0.3 is 15.5 Å². The van der Waals surface area contributed by atoms with E-state index in [1.54, 1.807) is 12.1 Å². The number of rotatable bonds is 7. The van der Waals surface area contributed by atoms with Gasteiger partial charge in [0.1, 0.15) is 0 Å². The fourth-order valence-corrected chi connectivity index (χ4v) is 2.70. The van der Waals surface area contributed by atoms with Gasteiger partial charge in [0.25, 0.3) is 5.91 Å². The maximum absolute atomic E-state index is 11.9. The molecule has 1 aliphatic heterocycles. The lowest BCUT2D eigenvalue weighted by atomic mass is 10.1. The molecule has 0 radical (unpaired) electrons. The van der Waals surface area contributed by atoms with Crippen LogP contribution in [0.5, 0.6) is 0 Å². The molecule has 3 amide bonds. The number of benzene rings is 1. The highest BCUT2D eigenvalue weighted by Crippen LogP contribution is 2.08. The lowest BCUT2D eigenvalue weighted by Gasteiger charge is -2.15. The van der Waals surface area contributed by atoms with Crippen LogP contribution in [0.3, 0.4) is 0 Å². The Morgan fingerprint density at radius 1 is 1.04 bits per heavy atom. The fraction of sp³-hybridized carbons (Fsp3) is 0.500. The first-order valence-electron chi connectivity index (χ1n) is 8.45. The summed E-state index contributed by atoms with van der Waals surface area (Å²) >= 11 is 0. The molecule has 1 heterocycles. The normalized spacial score (nSPS) is 13.6. The summed E-state index contributed by atoms with van der Waals surface area (Å²) in [4.78, 5) is 37.3. The van der Waals surface area contributed by atoms with Gasteiger partial charge in [-0.15, -0.1) is 0 Å². The zero-order valence-corrected chi connectivity index (χ0v) is 14.1. The molecule has 6 nitrogen and oxygen atoms in total. The number of carbonyl (C=O) groups excluding carboxylic acids is 3. The zero-order valence-electron chi connectivity index (χ0n) is 14.1. The van der Waals surface area contributed by atoms with E-state index in [0.29, 0.717) is 18.5 Å². The van der Waals surface area contributed by atoms with Crippen molar-refractivity contribution in [3.05, 3.63) is 35.4 Å². The number of likely N-dealkylation sites (tertiary alicyclic amines) is 1. The first-order chi connectivity index (χ1) is 11.6. The minimum absolute atomic E-state index is 0.0977. The summed E-state index contributed by atoms with van der Waals surface area (Å²) in [7, 11) is 0. The van der Waals surface area contributed by atoms with Gasteiger partial charge in [0.05, 0.1) is 0 Å². The molecule has 1 fully saturated rings. The minimum Gasteiger partial charge on any atom is -0.356 e. The highest BCUT2D eigenvalue weighted by Gasteiger charge is 2.17. The summed E-state index contributed by atoms with van der Waals surface area (Å²) in [6, 6.07) is 7.30. The molecular weight excluding hydrogens is 306 g/mol. The number of nitrogens with one attached hydrogen (secondary N) is 2. The molecule has 0 aliphatic carbocycles. The molecule has 24 heavy (non-hydrogen) atoms. The largest absolute Gasteiger partial charge is 0.356 e. The van der Waals surface area contributed by atoms with E-state index in [1.165, 1.54) is 0 Å². The van der Waals surface area contributed by atoms with Crippen molar-refractivity contribution >= 4 is 17.7 Å². The molecule has 2 N–H and O–H groups in total. The van der Waals surface area contributed by atoms with Crippen molar-refractivity contribution in [1.29, 1.82) is 0 Å². The van der Waals surface area contributed by atoms with Crippen LogP contribution >= 0.6 is 0 Å². The summed E-state index contributed by atoms with van der Waals surface area (Å²) in [6.07, 6.45) is 2.67. The molecule has 2 rings (SSSR count). The Balaban J connectivity index is 1.59. The zero-order chi connectivity index (χ0) is 17.4. The predicted molar refractivity (Wildman–Crippen MR) is 91.6 cm³/mol. The molecule has 0 saturated carbocycles. The van der Waals surface area contributed by atoms with Gasteiger partial charge in [0, 0.05) is 44.6 Å². The predicted octanol–water partition coefficient (Wildman–Crippen LogP) is 1.24. The van der Waals surface area contributed by atoms with Gasteiger partial charge in [-0.25, -0.2) is 0 Å². The first-order valence-corrected chi connectivity index (χ1v) is 8.45. The third kappa shape index (κ3) is 5.68. The highest BCUT2D eigenvalue weighted by atomic mass is 16.2. The SMILES string of the molecule is Cc1cccc(C(=O)NCCC(=O)NCCC(=O)N2CCCC2)c1. The van der Waals surface area contributed by atoms with Crippen LogP contribution in [0.15, 0.2) is 24.3 Å². The van der Waals surface area contributed by atoms with Gasteiger partial charge in [0.15, 0.2) is 0 Å². The first kappa shape index (κ1) is 18.0. The average molecular weight is 331 g/mol. The Kier molecular flexibility index (Phi) is 6.78. The van der Waals surface area contributed by atoms with Crippen LogP contribution in [0.1, 0.15) is 41.6 Å². The molecule has 6 heteroatoms. The second-order valence-electron chi connectivity index (χ2n) is 6.06. The van der Waals surface area contributed by atoms with Crippen molar-refractivity contribution in [2.75, 3.05) is 26.2 Å². The highest BCUT2D eigenvalue weighted by molar-refractivity contribution is 5.94. The van der Waals surface area contributed by atoms with Gasteiger partial charge in [-0.3, -0.25) is 14.4 Å². The molecule has 1 saturated heterocycles. The lowest BCUT2D eigenvalue weighted by Crippen LogP contribution is -2.34. The maximum atomic E-state index is 11.9. The van der Waals surface area contributed by atoms with Crippen LogP contribution in [0.2, 0.25) is 0 Å². The summed E-state index contributed by atoms with van der Waals surface area (Å²) in [5.74, 6) is -0.245. The van der Waals surface area contributed by atoms with Gasteiger partial charge in [-0.2, -0.15) is 0 Å². The van der Waals surface area contributed by atoms with Gasteiger partial charge in [-0.05, 0) is 31.9 Å². The van der Waals surface area contributed by atoms with Crippen LogP contribution in [-0.2, 0) is 9.59 Å². The summed E-state index contributed by atoms with van der Waals surface area (Å²) in [6.45, 7) is 4.21. The fourth-order valence-electron chi connectivity index (χ4n) is 2.70. The molecule has 1 aliphatic rings. The second-order valence-corrected chi connectivity index (χ2v) is 6.06. The minimum atomic E-state index is -0.185. The van der Waals surface area contributed by atoms with E-state index in [1.807, 2.05) is 24.0 Å². The van der Waals surface area contributed by atoms with Gasteiger partial charge in [-0.1, -0.05) is 17.7 Å². The summed E-state index contributed by atoms with van der Waals surface area (Å²) in [5.41, 5.74) is 1.61. The molecular formula is C18H25N3O3. The third-order valence-electron chi connectivity index (χ3n) is 4.04. The number of hydrogen-bond donors (Lipinski definition) is 2. The standard InChI is InChI=1S/C18H25N3O3/c1-14-5-4-6-15(13-14)18(24)20-9-7-16(22)19-10-8-17(23)21-11-2-3-12-21/h4-6,13H,2-3,7-12H2,1H3,(H,19,22)(H,20,24). The van der Waals surface area contributed by atoms with Crippen LogP contribution in [-0.4, -0.2) is 48.8 Å².